The van der Waals surface area contributed by atoms with Crippen LogP contribution in [0.2, 0.25) is 0 Å². The number of para-hydroxylation sites is 1. The van der Waals surface area contributed by atoms with Crippen LogP contribution in [0.5, 0.6) is 11.6 Å². The Bertz CT molecular complexity index is 769. The molecule has 0 unspecified atom stereocenters. The SMILES string of the molecule is COc1c(F)cccc1N1CCN(CCCn2c(O)csc2=O)CC1. The van der Waals surface area contributed by atoms with Gasteiger partial charge in [-0.05, 0) is 25.1 Å². The molecule has 1 N–H and O–H groups in total. The van der Waals surface area contributed by atoms with Crippen molar-refractivity contribution in [2.75, 3.05) is 44.7 Å². The lowest BCUT2D eigenvalue weighted by atomic mass is 10.2. The van der Waals surface area contributed by atoms with E-state index in [1.165, 1.54) is 23.1 Å². The third kappa shape index (κ3) is 3.96. The van der Waals surface area contributed by atoms with E-state index in [0.717, 1.165) is 56.2 Å². The molecule has 1 aliphatic rings. The lowest BCUT2D eigenvalue weighted by Gasteiger charge is -2.36. The monoisotopic (exact) mass is 367 g/mol. The Kier molecular flexibility index (Phi) is 5.60. The molecule has 1 aromatic heterocycles. The molecule has 8 heteroatoms. The number of aromatic nitrogens is 1. The number of anilines is 1. The number of piperazine rings is 1. The van der Waals surface area contributed by atoms with Crippen LogP contribution < -0.4 is 14.5 Å². The number of ether oxygens (including phenoxy) is 1. The summed E-state index contributed by atoms with van der Waals surface area (Å²) in [5, 5.41) is 11.1. The average Bonchev–Trinajstić information content (AvgIpc) is 2.94. The second-order valence-corrected chi connectivity index (χ2v) is 6.81. The van der Waals surface area contributed by atoms with Crippen LogP contribution in [0.3, 0.4) is 0 Å². The standard InChI is InChI=1S/C17H22FN3O3S/c1-24-16-13(18)4-2-5-14(16)20-10-8-19(9-11-20)6-3-7-21-15(22)12-25-17(21)23/h2,4-5,12,22H,3,6-11H2,1H3. The molecule has 0 saturated carbocycles. The van der Waals surface area contributed by atoms with Crippen LogP contribution in [0, 0.1) is 5.82 Å². The second-order valence-electron chi connectivity index (χ2n) is 5.99. The molecular weight excluding hydrogens is 345 g/mol. The minimum absolute atomic E-state index is 0.0398. The summed E-state index contributed by atoms with van der Waals surface area (Å²) in [5.41, 5.74) is 0.789. The summed E-state index contributed by atoms with van der Waals surface area (Å²) in [4.78, 5) is 15.9. The summed E-state index contributed by atoms with van der Waals surface area (Å²) < 4.78 is 20.4. The van der Waals surface area contributed by atoms with E-state index < -0.39 is 0 Å². The molecule has 1 aromatic carbocycles. The zero-order chi connectivity index (χ0) is 17.8. The highest BCUT2D eigenvalue weighted by atomic mass is 32.1. The summed E-state index contributed by atoms with van der Waals surface area (Å²) in [5.74, 6) is -0.00952. The molecule has 0 spiro atoms. The van der Waals surface area contributed by atoms with Crippen LogP contribution in [0.1, 0.15) is 6.42 Å². The number of thiazole rings is 1. The van der Waals surface area contributed by atoms with Gasteiger partial charge in [-0.2, -0.15) is 0 Å². The predicted molar refractivity (Wildman–Crippen MR) is 96.5 cm³/mol. The van der Waals surface area contributed by atoms with Crippen LogP contribution in [0.25, 0.3) is 0 Å². The largest absolute Gasteiger partial charge is 0.494 e. The second kappa shape index (κ2) is 7.88. The number of hydrogen-bond donors (Lipinski definition) is 1. The first-order chi connectivity index (χ1) is 12.1. The van der Waals surface area contributed by atoms with E-state index in [1.54, 1.807) is 6.07 Å². The summed E-state index contributed by atoms with van der Waals surface area (Å²) in [7, 11) is 1.49. The van der Waals surface area contributed by atoms with Gasteiger partial charge < -0.3 is 14.7 Å². The van der Waals surface area contributed by atoms with Crippen molar-refractivity contribution in [3.05, 3.63) is 39.1 Å². The van der Waals surface area contributed by atoms with Gasteiger partial charge in [-0.3, -0.25) is 14.3 Å². The molecule has 0 aliphatic carbocycles. The van der Waals surface area contributed by atoms with Crippen molar-refractivity contribution in [3.8, 4) is 11.6 Å². The number of benzene rings is 1. The van der Waals surface area contributed by atoms with E-state index in [4.69, 9.17) is 4.74 Å². The molecule has 0 bridgehead atoms. The van der Waals surface area contributed by atoms with Gasteiger partial charge >= 0.3 is 4.87 Å². The van der Waals surface area contributed by atoms with Crippen LogP contribution in [0.15, 0.2) is 28.4 Å². The van der Waals surface area contributed by atoms with Crippen molar-refractivity contribution in [2.24, 2.45) is 0 Å². The fourth-order valence-electron chi connectivity index (χ4n) is 3.14. The predicted octanol–water partition coefficient (Wildman–Crippen LogP) is 1.98. The quantitative estimate of drug-likeness (QED) is 0.846. The first-order valence-electron chi connectivity index (χ1n) is 8.27. The Hall–Kier alpha value is -2.06. The Labute approximate surface area is 149 Å². The van der Waals surface area contributed by atoms with Crippen molar-refractivity contribution in [2.45, 2.75) is 13.0 Å². The summed E-state index contributed by atoms with van der Waals surface area (Å²) in [6, 6.07) is 4.98. The summed E-state index contributed by atoms with van der Waals surface area (Å²) in [6.45, 7) is 4.70. The summed E-state index contributed by atoms with van der Waals surface area (Å²) in [6.07, 6.45) is 0.799. The van der Waals surface area contributed by atoms with Gasteiger partial charge in [-0.25, -0.2) is 4.39 Å². The smallest absolute Gasteiger partial charge is 0.309 e. The Morgan fingerprint density at radius 3 is 2.64 bits per heavy atom. The molecule has 3 rings (SSSR count). The lowest BCUT2D eigenvalue weighted by Crippen LogP contribution is -2.47. The number of rotatable bonds is 6. The van der Waals surface area contributed by atoms with Crippen LogP contribution >= 0.6 is 11.3 Å². The highest BCUT2D eigenvalue weighted by Gasteiger charge is 2.21. The number of hydrogen-bond acceptors (Lipinski definition) is 6. The fourth-order valence-corrected chi connectivity index (χ4v) is 3.79. The van der Waals surface area contributed by atoms with Gasteiger partial charge in [0.05, 0.1) is 18.2 Å². The first kappa shape index (κ1) is 17.8. The molecule has 0 atom stereocenters. The van der Waals surface area contributed by atoms with Gasteiger partial charge in [0.25, 0.3) is 0 Å². The highest BCUT2D eigenvalue weighted by Crippen LogP contribution is 2.31. The first-order valence-corrected chi connectivity index (χ1v) is 9.15. The van der Waals surface area contributed by atoms with E-state index in [1.807, 2.05) is 6.07 Å². The Morgan fingerprint density at radius 1 is 1.24 bits per heavy atom. The van der Waals surface area contributed by atoms with Gasteiger partial charge in [0.1, 0.15) is 0 Å². The third-order valence-electron chi connectivity index (χ3n) is 4.48. The minimum Gasteiger partial charge on any atom is -0.494 e. The molecule has 0 amide bonds. The molecule has 1 aliphatic heterocycles. The highest BCUT2D eigenvalue weighted by molar-refractivity contribution is 7.07. The minimum atomic E-state index is -0.344. The lowest BCUT2D eigenvalue weighted by molar-refractivity contribution is 0.247. The van der Waals surface area contributed by atoms with E-state index in [2.05, 4.69) is 9.80 Å². The maximum atomic E-state index is 13.8. The van der Waals surface area contributed by atoms with E-state index in [9.17, 15) is 14.3 Å². The molecular formula is C17H22FN3O3S. The number of halogens is 1. The van der Waals surface area contributed by atoms with Gasteiger partial charge in [0.2, 0.25) is 5.88 Å². The fraction of sp³-hybridized carbons (Fsp3) is 0.471. The third-order valence-corrected chi connectivity index (χ3v) is 5.23. The molecule has 136 valence electrons. The van der Waals surface area contributed by atoms with Crippen molar-refractivity contribution in [1.82, 2.24) is 9.47 Å². The Balaban J connectivity index is 1.51. The van der Waals surface area contributed by atoms with Crippen LogP contribution in [-0.2, 0) is 6.54 Å². The van der Waals surface area contributed by atoms with Crippen LogP contribution in [0.4, 0.5) is 10.1 Å². The molecule has 1 fully saturated rings. The average molecular weight is 367 g/mol. The zero-order valence-electron chi connectivity index (χ0n) is 14.2. The van der Waals surface area contributed by atoms with Crippen molar-refractivity contribution < 1.29 is 14.2 Å². The maximum absolute atomic E-state index is 13.8. The molecule has 0 radical (unpaired) electrons. The van der Waals surface area contributed by atoms with Crippen molar-refractivity contribution in [1.29, 1.82) is 0 Å². The molecule has 6 nitrogen and oxygen atoms in total. The Morgan fingerprint density at radius 2 is 2.00 bits per heavy atom. The zero-order valence-corrected chi connectivity index (χ0v) is 15.0. The number of methoxy groups -OCH3 is 1. The van der Waals surface area contributed by atoms with E-state index in [-0.39, 0.29) is 16.6 Å². The van der Waals surface area contributed by atoms with Gasteiger partial charge in [-0.15, -0.1) is 0 Å². The van der Waals surface area contributed by atoms with Gasteiger partial charge in [-0.1, -0.05) is 17.4 Å². The summed E-state index contributed by atoms with van der Waals surface area (Å²) >= 11 is 1.01. The molecule has 1 saturated heterocycles. The van der Waals surface area contributed by atoms with E-state index in [0.29, 0.717) is 12.3 Å². The molecule has 2 aromatic rings. The van der Waals surface area contributed by atoms with Crippen molar-refractivity contribution >= 4 is 17.0 Å². The van der Waals surface area contributed by atoms with E-state index >= 15 is 0 Å². The molecule has 25 heavy (non-hydrogen) atoms. The van der Waals surface area contributed by atoms with Crippen molar-refractivity contribution in [3.63, 3.8) is 0 Å². The number of nitrogens with zero attached hydrogens (tertiary/aromatic N) is 3. The normalized spacial score (nSPS) is 15.5. The number of aromatic hydroxyl groups is 1. The van der Waals surface area contributed by atoms with Gasteiger partial charge in [0.15, 0.2) is 11.6 Å². The van der Waals surface area contributed by atoms with Crippen LogP contribution in [-0.4, -0.2) is 54.4 Å². The molecule has 2 heterocycles. The topological polar surface area (TPSA) is 57.9 Å². The van der Waals surface area contributed by atoms with Gasteiger partial charge in [0, 0.05) is 32.7 Å². The maximum Gasteiger partial charge on any atom is 0.309 e.